The molecule has 0 spiro atoms. The van der Waals surface area contributed by atoms with Gasteiger partial charge in [0, 0.05) is 6.42 Å². The predicted molar refractivity (Wildman–Crippen MR) is 285 cm³/mol. The maximum Gasteiger partial charge on any atom is 0.472 e. The molecule has 0 fully saturated rings. The molecule has 3 atom stereocenters. The van der Waals surface area contributed by atoms with E-state index in [1.54, 1.807) is 6.08 Å². The van der Waals surface area contributed by atoms with Gasteiger partial charge in [-0.25, -0.2) is 4.57 Å². The average molecular weight is 940 g/mol. The molecule has 0 saturated carbocycles. The van der Waals surface area contributed by atoms with Gasteiger partial charge >= 0.3 is 7.82 Å². The molecule has 1 amide bonds. The second-order valence-electron chi connectivity index (χ2n) is 18.5. The van der Waals surface area contributed by atoms with Crippen LogP contribution in [0.25, 0.3) is 0 Å². The zero-order valence-electron chi connectivity index (χ0n) is 42.9. The number of phosphoric acid groups is 1. The fraction of sp³-hybridized carbons (Fsp3) is 0.667. The van der Waals surface area contributed by atoms with E-state index in [0.717, 1.165) is 89.9 Å². The van der Waals surface area contributed by atoms with Crippen molar-refractivity contribution < 1.29 is 32.9 Å². The number of likely N-dealkylation sites (N-methyl/N-ethyl adjacent to an activating group) is 1. The summed E-state index contributed by atoms with van der Waals surface area (Å²) in [5.41, 5.74) is 0. The second-order valence-corrected chi connectivity index (χ2v) is 19.9. The van der Waals surface area contributed by atoms with Crippen LogP contribution in [0.15, 0.2) is 109 Å². The van der Waals surface area contributed by atoms with E-state index in [1.807, 2.05) is 27.2 Å². The van der Waals surface area contributed by atoms with E-state index in [4.69, 9.17) is 9.05 Å². The van der Waals surface area contributed by atoms with E-state index in [0.29, 0.717) is 17.4 Å². The molecule has 0 aliphatic heterocycles. The van der Waals surface area contributed by atoms with Gasteiger partial charge in [0.25, 0.3) is 0 Å². The Labute approximate surface area is 406 Å². The number of hydrogen-bond acceptors (Lipinski definition) is 5. The third-order valence-corrected chi connectivity index (χ3v) is 11.9. The Morgan fingerprint density at radius 1 is 0.530 bits per heavy atom. The molecule has 9 heteroatoms. The van der Waals surface area contributed by atoms with E-state index < -0.39 is 20.0 Å². The van der Waals surface area contributed by atoms with E-state index in [-0.39, 0.29) is 19.1 Å². The first kappa shape index (κ1) is 63.2. The molecule has 3 N–H and O–H groups in total. The third kappa shape index (κ3) is 49.1. The van der Waals surface area contributed by atoms with E-state index in [1.165, 1.54) is 83.5 Å². The number of unbranched alkanes of at least 4 members (excludes halogenated alkanes) is 17. The normalized spacial score (nSPS) is 15.0. The molecule has 0 bridgehead atoms. The summed E-state index contributed by atoms with van der Waals surface area (Å²) in [6, 6.07) is -0.874. The van der Waals surface area contributed by atoms with Crippen LogP contribution in [-0.2, 0) is 18.4 Å². The first-order chi connectivity index (χ1) is 32.0. The summed E-state index contributed by atoms with van der Waals surface area (Å²) in [5.74, 6) is -0.199. The van der Waals surface area contributed by atoms with Crippen molar-refractivity contribution in [2.75, 3.05) is 40.9 Å². The molecule has 0 aliphatic rings. The van der Waals surface area contributed by atoms with Crippen LogP contribution < -0.4 is 5.32 Å². The summed E-state index contributed by atoms with van der Waals surface area (Å²) in [5, 5.41) is 13.8. The molecular formula is C57H100N2O6P+. The highest BCUT2D eigenvalue weighted by Crippen LogP contribution is 2.43. The lowest BCUT2D eigenvalue weighted by molar-refractivity contribution is -0.870. The van der Waals surface area contributed by atoms with E-state index >= 15 is 0 Å². The number of carbonyl (C=O) groups is 1. The van der Waals surface area contributed by atoms with Crippen LogP contribution in [0.2, 0.25) is 0 Å². The maximum atomic E-state index is 12.9. The number of nitrogens with zero attached hydrogens (tertiary/aromatic N) is 1. The zero-order valence-corrected chi connectivity index (χ0v) is 43.8. The van der Waals surface area contributed by atoms with Gasteiger partial charge in [-0.2, -0.15) is 0 Å². The van der Waals surface area contributed by atoms with E-state index in [2.05, 4.69) is 116 Å². The number of carbonyl (C=O) groups excluding carboxylic acids is 1. The van der Waals surface area contributed by atoms with Crippen molar-refractivity contribution in [1.29, 1.82) is 0 Å². The number of allylic oxidation sites excluding steroid dienone is 17. The minimum absolute atomic E-state index is 0.0487. The first-order valence-electron chi connectivity index (χ1n) is 26.3. The summed E-state index contributed by atoms with van der Waals surface area (Å²) in [6.07, 6.45) is 69.1. The number of rotatable bonds is 46. The van der Waals surface area contributed by atoms with Crippen LogP contribution in [0.4, 0.5) is 0 Å². The molecule has 0 radical (unpaired) electrons. The fourth-order valence-electron chi connectivity index (χ4n) is 6.85. The highest BCUT2D eigenvalue weighted by atomic mass is 31.2. The first-order valence-corrected chi connectivity index (χ1v) is 27.8. The predicted octanol–water partition coefficient (Wildman–Crippen LogP) is 15.6. The van der Waals surface area contributed by atoms with Crippen LogP contribution in [-0.4, -0.2) is 73.4 Å². The molecular weight excluding hydrogens is 840 g/mol. The molecule has 0 aliphatic carbocycles. The van der Waals surface area contributed by atoms with Gasteiger partial charge in [0.2, 0.25) is 5.91 Å². The smallest absolute Gasteiger partial charge is 0.387 e. The van der Waals surface area contributed by atoms with Gasteiger partial charge in [-0.15, -0.1) is 0 Å². The Balaban J connectivity index is 4.10. The summed E-state index contributed by atoms with van der Waals surface area (Å²) in [4.78, 5) is 23.2. The van der Waals surface area contributed by atoms with Crippen molar-refractivity contribution >= 4 is 13.7 Å². The molecule has 0 rings (SSSR count). The number of hydrogen-bond donors (Lipinski definition) is 3. The zero-order chi connectivity index (χ0) is 48.5. The van der Waals surface area contributed by atoms with Gasteiger partial charge in [0.15, 0.2) is 0 Å². The van der Waals surface area contributed by atoms with Gasteiger partial charge in [-0.05, 0) is 89.9 Å². The maximum absolute atomic E-state index is 12.9. The minimum Gasteiger partial charge on any atom is -0.387 e. The largest absolute Gasteiger partial charge is 0.472 e. The summed E-state index contributed by atoms with van der Waals surface area (Å²) in [6.45, 7) is 4.57. The third-order valence-electron chi connectivity index (χ3n) is 10.9. The van der Waals surface area contributed by atoms with Crippen LogP contribution >= 0.6 is 7.82 Å². The number of aliphatic hydroxyl groups is 1. The van der Waals surface area contributed by atoms with Crippen LogP contribution in [0.1, 0.15) is 194 Å². The quantitative estimate of drug-likeness (QED) is 0.0243. The molecule has 0 aromatic carbocycles. The summed E-state index contributed by atoms with van der Waals surface area (Å²) in [7, 11) is 1.53. The average Bonchev–Trinajstić information content (AvgIpc) is 3.28. The lowest BCUT2D eigenvalue weighted by Gasteiger charge is -2.25. The number of nitrogens with one attached hydrogen (secondary N) is 1. The molecule has 66 heavy (non-hydrogen) atoms. The van der Waals surface area contributed by atoms with Gasteiger partial charge in [0.05, 0.1) is 39.9 Å². The summed E-state index contributed by atoms with van der Waals surface area (Å²) < 4.78 is 23.5. The summed E-state index contributed by atoms with van der Waals surface area (Å²) >= 11 is 0. The Bertz CT molecular complexity index is 1440. The van der Waals surface area contributed by atoms with E-state index in [9.17, 15) is 19.4 Å². The second kappa shape index (κ2) is 47.2. The Hall–Kier alpha value is -2.84. The van der Waals surface area contributed by atoms with Crippen molar-refractivity contribution in [2.24, 2.45) is 0 Å². The van der Waals surface area contributed by atoms with Crippen molar-refractivity contribution in [3.05, 3.63) is 109 Å². The molecule has 0 aromatic rings. The molecule has 0 heterocycles. The lowest BCUT2D eigenvalue weighted by Crippen LogP contribution is -2.45. The number of amides is 1. The number of quaternary nitrogens is 1. The van der Waals surface area contributed by atoms with Crippen LogP contribution in [0.5, 0.6) is 0 Å². The van der Waals surface area contributed by atoms with Crippen molar-refractivity contribution in [1.82, 2.24) is 5.32 Å². The fourth-order valence-corrected chi connectivity index (χ4v) is 7.58. The molecule has 0 aromatic heterocycles. The van der Waals surface area contributed by atoms with Gasteiger partial charge in [-0.3, -0.25) is 13.8 Å². The standard InChI is InChI=1S/C57H99N2O6P/c1-6-8-10-12-14-16-18-19-20-21-22-23-24-25-26-27-28-29-30-31-32-33-34-35-36-37-38-39-41-43-45-47-49-51-57(61)58-55(54-65-66(62,63)64-53-52-59(3,4)5)56(60)50-48-46-44-42-40-17-15-13-11-9-7-2/h8,10-11,13-14,16,19-20,22-23,25-26,28-29,40,42,48,50,55-56,60H,6-7,9,12,15,17-18,21,24,27,30-39,41,43-47,49,51-54H2,1-5H3,(H-,58,61,62,63)/p+1/b10-8-,13-11+,16-14-,20-19-,23-22-,26-25-,29-28-,42-40+,50-48+. The topological polar surface area (TPSA) is 105 Å². The Morgan fingerprint density at radius 3 is 1.38 bits per heavy atom. The molecule has 378 valence electrons. The lowest BCUT2D eigenvalue weighted by atomic mass is 10.0. The van der Waals surface area contributed by atoms with Crippen molar-refractivity contribution in [2.45, 2.75) is 206 Å². The van der Waals surface area contributed by atoms with Gasteiger partial charge in [-0.1, -0.05) is 207 Å². The molecule has 3 unspecified atom stereocenters. The van der Waals surface area contributed by atoms with Crippen LogP contribution in [0, 0.1) is 0 Å². The number of aliphatic hydroxyl groups excluding tert-OH is 1. The highest BCUT2D eigenvalue weighted by molar-refractivity contribution is 7.47. The Morgan fingerprint density at radius 2 is 0.924 bits per heavy atom. The van der Waals surface area contributed by atoms with Gasteiger partial charge in [0.1, 0.15) is 13.2 Å². The SMILES string of the molecule is CC/C=C\C/C=C\C/C=C\C/C=C\C/C=C\C/C=C\CCCCCCCCCCCCCCCCC(=O)NC(COP(=O)(O)OCC[N+](C)(C)C)C(O)/C=C/CC/C=C/CC/C=C/CCC. The van der Waals surface area contributed by atoms with Gasteiger partial charge < -0.3 is 19.8 Å². The number of phosphoric ester groups is 1. The molecule has 0 saturated heterocycles. The molecule has 8 nitrogen and oxygen atoms in total. The van der Waals surface area contributed by atoms with Crippen LogP contribution in [0.3, 0.4) is 0 Å². The highest BCUT2D eigenvalue weighted by Gasteiger charge is 2.27. The monoisotopic (exact) mass is 940 g/mol. The van der Waals surface area contributed by atoms with Crippen molar-refractivity contribution in [3.63, 3.8) is 0 Å². The minimum atomic E-state index is -4.36. The van der Waals surface area contributed by atoms with Crippen molar-refractivity contribution in [3.8, 4) is 0 Å². The Kier molecular flexibility index (Phi) is 45.2.